The summed E-state index contributed by atoms with van der Waals surface area (Å²) in [6.07, 6.45) is 0.739. The number of rotatable bonds is 6. The molecule has 0 radical (unpaired) electrons. The molecule has 0 spiro atoms. The molecule has 0 aliphatic heterocycles. The highest BCUT2D eigenvalue weighted by Crippen LogP contribution is 2.54. The minimum absolute atomic E-state index is 0.0187. The van der Waals surface area contributed by atoms with Gasteiger partial charge < -0.3 is 30.5 Å². The Morgan fingerprint density at radius 1 is 1.19 bits per heavy atom. The van der Waals surface area contributed by atoms with Crippen molar-refractivity contribution in [3.63, 3.8) is 0 Å². The zero-order valence-electron chi connectivity index (χ0n) is 20.8. The van der Waals surface area contributed by atoms with Crippen LogP contribution in [0.5, 0.6) is 5.75 Å². The average Bonchev–Trinajstić information content (AvgIpc) is 2.82. The monoisotopic (exact) mass is 515 g/mol. The van der Waals surface area contributed by atoms with Crippen LogP contribution in [0.15, 0.2) is 28.7 Å². The number of likely N-dealkylation sites (N-methyl/N-ethyl adjacent to an activating group) is 1. The van der Waals surface area contributed by atoms with Crippen LogP contribution in [-0.2, 0) is 20.8 Å². The van der Waals surface area contributed by atoms with Crippen molar-refractivity contribution in [1.29, 1.82) is 0 Å². The predicted molar refractivity (Wildman–Crippen MR) is 129 cm³/mol. The number of hydrogen-bond donors (Lipinski definition) is 5. The summed E-state index contributed by atoms with van der Waals surface area (Å²) in [7, 11) is 6.67. The van der Waals surface area contributed by atoms with Crippen molar-refractivity contribution in [2.45, 2.75) is 24.5 Å². The van der Waals surface area contributed by atoms with Gasteiger partial charge in [0.2, 0.25) is 5.78 Å². The van der Waals surface area contributed by atoms with E-state index in [1.54, 1.807) is 39.2 Å². The molecule has 13 nitrogen and oxygen atoms in total. The van der Waals surface area contributed by atoms with E-state index in [1.807, 2.05) is 0 Å². The van der Waals surface area contributed by atoms with E-state index in [-0.39, 0.29) is 35.3 Å². The number of carbonyl (C=O) groups excluding carboxylic acids is 4. The normalized spacial score (nSPS) is 27.0. The van der Waals surface area contributed by atoms with Crippen molar-refractivity contribution in [2.75, 3.05) is 33.1 Å². The minimum atomic E-state index is -2.59. The van der Waals surface area contributed by atoms with E-state index in [0.717, 1.165) is 0 Å². The molecule has 1 unspecified atom stereocenters. The molecule has 0 saturated carbocycles. The fourth-order valence-electron chi connectivity index (χ4n) is 6.05. The number of anilines is 1. The van der Waals surface area contributed by atoms with Crippen LogP contribution in [0.2, 0.25) is 0 Å². The molecule has 0 bridgehead atoms. The lowest BCUT2D eigenvalue weighted by atomic mass is 9.58. The van der Waals surface area contributed by atoms with Gasteiger partial charge in [0.15, 0.2) is 29.2 Å². The molecule has 198 valence electrons. The van der Waals surface area contributed by atoms with Crippen LogP contribution in [0, 0.1) is 11.8 Å². The molecule has 1 amide bonds. The highest BCUT2D eigenvalue weighted by Gasteiger charge is 2.64. The van der Waals surface area contributed by atoms with Crippen LogP contribution in [0.3, 0.4) is 0 Å². The fraction of sp³-hybridized carbons (Fsp3) is 0.417. The van der Waals surface area contributed by atoms with Crippen molar-refractivity contribution in [3.05, 3.63) is 45.4 Å². The highest BCUT2D eigenvalue weighted by molar-refractivity contribution is 6.25. The van der Waals surface area contributed by atoms with Gasteiger partial charge in [-0.2, -0.15) is 11.8 Å². The van der Waals surface area contributed by atoms with E-state index in [2.05, 4.69) is 0 Å². The zero-order chi connectivity index (χ0) is 27.6. The van der Waals surface area contributed by atoms with Crippen molar-refractivity contribution in [3.8, 4) is 5.75 Å². The molecule has 3 aliphatic rings. The Morgan fingerprint density at radius 3 is 2.32 bits per heavy atom. The number of carbonyl (C=O) groups is 4. The third-order valence-electron chi connectivity index (χ3n) is 7.53. The lowest BCUT2D eigenvalue weighted by Crippen LogP contribution is -2.64. The third-order valence-corrected chi connectivity index (χ3v) is 7.53. The van der Waals surface area contributed by atoms with Gasteiger partial charge in [-0.05, 0) is 44.5 Å². The number of aldehydes is 1. The standard InChI is InChI=1S/C24H29N5O8/c1-28(2)13-7-10(8-30)20(36-26)15-11(13)5-9-6-12-17(29(3)4)19(32)16(23(25)34)21(33)24(12,35)22(37-27)14(9)18(15)31/h7-9,12,17,32,35H,5-6,26-27H2,1-4H3,(H2,25,34)/t9-,12-,17?,24+/m0/s1. The van der Waals surface area contributed by atoms with E-state index >= 15 is 0 Å². The second-order valence-corrected chi connectivity index (χ2v) is 9.86. The Balaban J connectivity index is 2.06. The van der Waals surface area contributed by atoms with Crippen LogP contribution in [0.4, 0.5) is 5.69 Å². The number of nitrogens with two attached hydrogens (primary N) is 3. The average molecular weight is 516 g/mol. The summed E-state index contributed by atoms with van der Waals surface area (Å²) in [6, 6.07) is 0.526. The molecule has 4 rings (SSSR count). The summed E-state index contributed by atoms with van der Waals surface area (Å²) in [5, 5.41) is 22.8. The second-order valence-electron chi connectivity index (χ2n) is 9.86. The first-order valence-electron chi connectivity index (χ1n) is 11.4. The summed E-state index contributed by atoms with van der Waals surface area (Å²) in [5.41, 5.74) is 2.98. The third kappa shape index (κ3) is 3.46. The molecule has 0 fully saturated rings. The van der Waals surface area contributed by atoms with Gasteiger partial charge in [0, 0.05) is 31.3 Å². The molecule has 1 aromatic carbocycles. The van der Waals surface area contributed by atoms with Crippen LogP contribution >= 0.6 is 0 Å². The van der Waals surface area contributed by atoms with Crippen molar-refractivity contribution in [2.24, 2.45) is 29.4 Å². The van der Waals surface area contributed by atoms with Gasteiger partial charge in [-0.3, -0.25) is 24.1 Å². The molecule has 0 aromatic heterocycles. The summed E-state index contributed by atoms with van der Waals surface area (Å²) in [4.78, 5) is 64.7. The minimum Gasteiger partial charge on any atom is -0.510 e. The number of hydrogen-bond acceptors (Lipinski definition) is 12. The lowest BCUT2D eigenvalue weighted by molar-refractivity contribution is -0.150. The Hall–Kier alpha value is -3.78. The van der Waals surface area contributed by atoms with Crippen LogP contribution in [-0.4, -0.2) is 78.7 Å². The molecular formula is C24H29N5O8. The molecule has 8 N–H and O–H groups in total. The largest absolute Gasteiger partial charge is 0.510 e. The van der Waals surface area contributed by atoms with Crippen LogP contribution < -0.4 is 27.3 Å². The molecule has 13 heteroatoms. The molecule has 4 atom stereocenters. The zero-order valence-corrected chi connectivity index (χ0v) is 20.8. The number of Topliss-reactive ketones (excluding diaryl/α,β-unsaturated/α-hetero) is 2. The van der Waals surface area contributed by atoms with Crippen molar-refractivity contribution >= 4 is 29.4 Å². The van der Waals surface area contributed by atoms with Gasteiger partial charge in [0.25, 0.3) is 5.91 Å². The molecule has 37 heavy (non-hydrogen) atoms. The highest BCUT2D eigenvalue weighted by atomic mass is 16.6. The Morgan fingerprint density at radius 2 is 1.84 bits per heavy atom. The van der Waals surface area contributed by atoms with Gasteiger partial charge in [0.05, 0.1) is 17.2 Å². The molecule has 1 aromatic rings. The van der Waals surface area contributed by atoms with Gasteiger partial charge >= 0.3 is 0 Å². The number of fused-ring (bicyclic) bond motifs is 3. The maximum atomic E-state index is 14.0. The van der Waals surface area contributed by atoms with Crippen LogP contribution in [0.25, 0.3) is 0 Å². The Labute approximate surface area is 212 Å². The van der Waals surface area contributed by atoms with Crippen molar-refractivity contribution < 1.29 is 39.1 Å². The van der Waals surface area contributed by atoms with Crippen molar-refractivity contribution in [1.82, 2.24) is 4.90 Å². The van der Waals surface area contributed by atoms with E-state index in [4.69, 9.17) is 27.2 Å². The number of benzene rings is 1. The smallest absolute Gasteiger partial charge is 0.255 e. The molecular weight excluding hydrogens is 486 g/mol. The first-order valence-corrected chi connectivity index (χ1v) is 11.4. The topological polar surface area (TPSA) is 212 Å². The number of allylic oxidation sites excluding steroid dienone is 1. The maximum absolute atomic E-state index is 14.0. The lowest BCUT2D eigenvalue weighted by Gasteiger charge is -2.50. The van der Waals surface area contributed by atoms with E-state index < -0.39 is 58.0 Å². The maximum Gasteiger partial charge on any atom is 0.255 e. The number of ketones is 2. The summed E-state index contributed by atoms with van der Waals surface area (Å²) >= 11 is 0. The quantitative estimate of drug-likeness (QED) is 0.173. The Bertz CT molecular complexity index is 1300. The van der Waals surface area contributed by atoms with E-state index in [0.29, 0.717) is 17.5 Å². The SMILES string of the molecule is CN(C)c1cc(C=O)c(ON)c2c1C[C@H]1C[C@H]3C(N(C)C)C(O)=C(C(N)=O)C(=O)[C@@]3(O)C(ON)=C1C2=O. The number of aliphatic hydroxyl groups excluding tert-OH is 1. The summed E-state index contributed by atoms with van der Waals surface area (Å²) in [6.45, 7) is 0. The number of primary amides is 1. The van der Waals surface area contributed by atoms with E-state index in [1.165, 1.54) is 4.90 Å². The van der Waals surface area contributed by atoms with E-state index in [9.17, 15) is 29.4 Å². The summed E-state index contributed by atoms with van der Waals surface area (Å²) < 4.78 is 0. The summed E-state index contributed by atoms with van der Waals surface area (Å²) in [5.74, 6) is 4.86. The van der Waals surface area contributed by atoms with Gasteiger partial charge in [0.1, 0.15) is 11.3 Å². The van der Waals surface area contributed by atoms with Gasteiger partial charge in [-0.25, -0.2) is 0 Å². The number of aliphatic hydroxyl groups is 2. The second kappa shape index (κ2) is 8.95. The fourth-order valence-corrected chi connectivity index (χ4v) is 6.05. The van der Waals surface area contributed by atoms with Crippen LogP contribution in [0.1, 0.15) is 32.7 Å². The Kier molecular flexibility index (Phi) is 6.36. The van der Waals surface area contributed by atoms with Gasteiger partial charge in [-0.1, -0.05) is 0 Å². The predicted octanol–water partition coefficient (Wildman–Crippen LogP) is -1.12. The first kappa shape index (κ1) is 26.3. The number of amides is 1. The molecule has 3 aliphatic carbocycles. The van der Waals surface area contributed by atoms with Gasteiger partial charge in [-0.15, -0.1) is 0 Å². The molecule has 0 heterocycles. The number of nitrogens with zero attached hydrogens (tertiary/aromatic N) is 2. The molecule has 0 saturated heterocycles. The first-order chi connectivity index (χ1) is 17.4.